The number of hydrogen-bond acceptors (Lipinski definition) is 1. The summed E-state index contributed by atoms with van der Waals surface area (Å²) in [5.74, 6) is 1.82. The molecule has 1 aliphatic carbocycles. The number of ether oxygens (including phenoxy) is 1. The van der Waals surface area contributed by atoms with Crippen LogP contribution in [0.25, 0.3) is 0 Å². The smallest absolute Gasteiger partial charge is 0.0683 e. The van der Waals surface area contributed by atoms with Crippen molar-refractivity contribution >= 4 is 0 Å². The lowest BCUT2D eigenvalue weighted by Gasteiger charge is -2.51. The molecule has 14 heavy (non-hydrogen) atoms. The van der Waals surface area contributed by atoms with E-state index in [0.717, 1.165) is 11.8 Å². The quantitative estimate of drug-likeness (QED) is 0.575. The summed E-state index contributed by atoms with van der Waals surface area (Å²) < 4.78 is 6.19. The van der Waals surface area contributed by atoms with Crippen molar-refractivity contribution in [3.05, 3.63) is 0 Å². The summed E-state index contributed by atoms with van der Waals surface area (Å²) in [7, 11) is 0. The van der Waals surface area contributed by atoms with Crippen LogP contribution < -0.4 is 0 Å². The van der Waals surface area contributed by atoms with E-state index in [0.29, 0.717) is 11.5 Å². The molecule has 0 bridgehead atoms. The Balaban J connectivity index is 2.28. The Morgan fingerprint density at radius 2 is 1.71 bits per heavy atom. The predicted octanol–water partition coefficient (Wildman–Crippen LogP) is 3.63. The molecular formula is C13H24O. The van der Waals surface area contributed by atoms with E-state index in [1.165, 1.54) is 19.3 Å². The average molecular weight is 196 g/mol. The standard InChI is InChI=1S/C13H24O/c1-9-8-10-6-7-11(10)12(2,3)13(4,5)14-9/h9-11H,6-8H2,1-5H3. The molecule has 1 nitrogen and oxygen atoms in total. The van der Waals surface area contributed by atoms with Gasteiger partial charge in [-0.05, 0) is 57.3 Å². The van der Waals surface area contributed by atoms with Gasteiger partial charge in [0.05, 0.1) is 11.7 Å². The molecule has 2 rings (SSSR count). The fourth-order valence-corrected chi connectivity index (χ4v) is 3.38. The molecule has 0 amide bonds. The molecule has 0 radical (unpaired) electrons. The third kappa shape index (κ3) is 1.32. The van der Waals surface area contributed by atoms with Crippen LogP contribution in [0.1, 0.15) is 53.9 Å². The van der Waals surface area contributed by atoms with E-state index in [1.54, 1.807) is 0 Å². The molecule has 0 N–H and O–H groups in total. The molecule has 2 fully saturated rings. The second kappa shape index (κ2) is 2.98. The van der Waals surface area contributed by atoms with Crippen molar-refractivity contribution in [3.63, 3.8) is 0 Å². The van der Waals surface area contributed by atoms with Gasteiger partial charge in [0.25, 0.3) is 0 Å². The van der Waals surface area contributed by atoms with Crippen LogP contribution in [0.2, 0.25) is 0 Å². The summed E-state index contributed by atoms with van der Waals surface area (Å²) in [5.41, 5.74) is 0.368. The third-order valence-corrected chi connectivity index (χ3v) is 5.03. The summed E-state index contributed by atoms with van der Waals surface area (Å²) in [6.45, 7) is 11.6. The lowest BCUT2D eigenvalue weighted by molar-refractivity contribution is -0.137. The monoisotopic (exact) mass is 196 g/mol. The van der Waals surface area contributed by atoms with Crippen LogP contribution in [0, 0.1) is 17.3 Å². The Morgan fingerprint density at radius 1 is 1.07 bits per heavy atom. The van der Waals surface area contributed by atoms with Gasteiger partial charge in [0.15, 0.2) is 0 Å². The molecule has 1 heteroatoms. The van der Waals surface area contributed by atoms with Crippen molar-refractivity contribution in [1.82, 2.24) is 0 Å². The normalized spacial score (nSPS) is 44.8. The highest BCUT2D eigenvalue weighted by atomic mass is 16.5. The fraction of sp³-hybridized carbons (Fsp3) is 1.00. The maximum absolute atomic E-state index is 6.19. The van der Waals surface area contributed by atoms with E-state index in [9.17, 15) is 0 Å². The van der Waals surface area contributed by atoms with Gasteiger partial charge in [-0.3, -0.25) is 0 Å². The molecule has 1 saturated carbocycles. The fourth-order valence-electron chi connectivity index (χ4n) is 3.38. The minimum Gasteiger partial charge on any atom is -0.372 e. The number of hydrogen-bond donors (Lipinski definition) is 0. The molecule has 0 aromatic carbocycles. The topological polar surface area (TPSA) is 9.23 Å². The summed E-state index contributed by atoms with van der Waals surface area (Å²) in [6.07, 6.45) is 4.56. The van der Waals surface area contributed by atoms with Crippen molar-refractivity contribution in [2.45, 2.75) is 65.6 Å². The Bertz CT molecular complexity index is 229. The molecule has 0 aromatic rings. The van der Waals surface area contributed by atoms with Crippen LogP contribution in [0.3, 0.4) is 0 Å². The van der Waals surface area contributed by atoms with Gasteiger partial charge < -0.3 is 4.74 Å². The first-order valence-electron chi connectivity index (χ1n) is 6.02. The Labute approximate surface area is 88.2 Å². The Morgan fingerprint density at radius 3 is 2.21 bits per heavy atom. The molecule has 82 valence electrons. The zero-order valence-corrected chi connectivity index (χ0v) is 10.3. The summed E-state index contributed by atoms with van der Waals surface area (Å²) >= 11 is 0. The minimum atomic E-state index is 0.0340. The van der Waals surface area contributed by atoms with Gasteiger partial charge in [-0.15, -0.1) is 0 Å². The molecular weight excluding hydrogens is 172 g/mol. The van der Waals surface area contributed by atoms with E-state index in [-0.39, 0.29) is 5.60 Å². The van der Waals surface area contributed by atoms with Crippen molar-refractivity contribution in [2.75, 3.05) is 0 Å². The van der Waals surface area contributed by atoms with Gasteiger partial charge in [-0.2, -0.15) is 0 Å². The maximum Gasteiger partial charge on any atom is 0.0683 e. The molecule has 1 aliphatic heterocycles. The van der Waals surface area contributed by atoms with Gasteiger partial charge in [-0.25, -0.2) is 0 Å². The van der Waals surface area contributed by atoms with Gasteiger partial charge in [0.2, 0.25) is 0 Å². The van der Waals surface area contributed by atoms with Crippen molar-refractivity contribution < 1.29 is 4.74 Å². The lowest BCUT2D eigenvalue weighted by Crippen LogP contribution is -2.49. The zero-order valence-electron chi connectivity index (χ0n) is 10.3. The van der Waals surface area contributed by atoms with Gasteiger partial charge in [0.1, 0.15) is 0 Å². The minimum absolute atomic E-state index is 0.0340. The van der Waals surface area contributed by atoms with Crippen LogP contribution in [0.4, 0.5) is 0 Å². The van der Waals surface area contributed by atoms with Crippen molar-refractivity contribution in [2.24, 2.45) is 17.3 Å². The molecule has 3 atom stereocenters. The second-order valence-electron chi connectivity index (χ2n) is 6.34. The third-order valence-electron chi connectivity index (χ3n) is 5.03. The van der Waals surface area contributed by atoms with Crippen LogP contribution in [0.5, 0.6) is 0 Å². The van der Waals surface area contributed by atoms with Gasteiger partial charge >= 0.3 is 0 Å². The van der Waals surface area contributed by atoms with E-state index < -0.39 is 0 Å². The Hall–Kier alpha value is -0.0400. The van der Waals surface area contributed by atoms with Crippen LogP contribution >= 0.6 is 0 Å². The van der Waals surface area contributed by atoms with Crippen LogP contribution in [0.15, 0.2) is 0 Å². The largest absolute Gasteiger partial charge is 0.372 e. The van der Waals surface area contributed by atoms with E-state index >= 15 is 0 Å². The average Bonchev–Trinajstić information content (AvgIpc) is 1.97. The first kappa shape index (κ1) is 10.5. The van der Waals surface area contributed by atoms with E-state index in [1.807, 2.05) is 0 Å². The van der Waals surface area contributed by atoms with Gasteiger partial charge in [-0.1, -0.05) is 13.8 Å². The lowest BCUT2D eigenvalue weighted by atomic mass is 9.55. The highest BCUT2D eigenvalue weighted by Gasteiger charge is 2.53. The first-order chi connectivity index (χ1) is 6.34. The molecule has 0 aromatic heterocycles. The molecule has 2 aliphatic rings. The Kier molecular flexibility index (Phi) is 2.23. The predicted molar refractivity (Wildman–Crippen MR) is 59.2 cm³/mol. The zero-order chi connectivity index (χ0) is 10.6. The highest BCUT2D eigenvalue weighted by Crippen LogP contribution is 2.56. The van der Waals surface area contributed by atoms with E-state index in [4.69, 9.17) is 4.74 Å². The van der Waals surface area contributed by atoms with Crippen LogP contribution in [-0.4, -0.2) is 11.7 Å². The summed E-state index contributed by atoms with van der Waals surface area (Å²) in [5, 5.41) is 0. The molecule has 3 unspecified atom stereocenters. The maximum atomic E-state index is 6.19. The van der Waals surface area contributed by atoms with Gasteiger partial charge in [0, 0.05) is 0 Å². The first-order valence-corrected chi connectivity index (χ1v) is 6.02. The summed E-state index contributed by atoms with van der Waals surface area (Å²) in [6, 6.07) is 0. The van der Waals surface area contributed by atoms with E-state index in [2.05, 4.69) is 34.6 Å². The number of fused-ring (bicyclic) bond motifs is 1. The SMILES string of the molecule is CC1CC2CCC2C(C)(C)C(C)(C)O1. The van der Waals surface area contributed by atoms with Crippen molar-refractivity contribution in [3.8, 4) is 0 Å². The molecule has 1 saturated heterocycles. The molecule has 1 heterocycles. The summed E-state index contributed by atoms with van der Waals surface area (Å²) in [4.78, 5) is 0. The highest BCUT2D eigenvalue weighted by molar-refractivity contribution is 5.02. The number of rotatable bonds is 0. The van der Waals surface area contributed by atoms with Crippen molar-refractivity contribution in [1.29, 1.82) is 0 Å². The molecule has 0 spiro atoms. The van der Waals surface area contributed by atoms with Crippen LogP contribution in [-0.2, 0) is 4.74 Å². The second-order valence-corrected chi connectivity index (χ2v) is 6.34.